The number of carbonyl (C=O) groups is 3. The van der Waals surface area contributed by atoms with Crippen LogP contribution in [0, 0.1) is 6.92 Å². The SMILES string of the molecule is CC(=O)N1CCN(C(=O)c2ccc(C)nc2C2CCN(C(=O)COc3ccccc3)CC2)CC1. The average molecular weight is 465 g/mol. The highest BCUT2D eigenvalue weighted by Gasteiger charge is 2.30. The number of benzene rings is 1. The third-order valence-electron chi connectivity index (χ3n) is 6.65. The fourth-order valence-electron chi connectivity index (χ4n) is 4.62. The average Bonchev–Trinajstić information content (AvgIpc) is 2.87. The first-order valence-corrected chi connectivity index (χ1v) is 11.9. The molecule has 3 heterocycles. The predicted octanol–water partition coefficient (Wildman–Crippen LogP) is 2.48. The molecular weight excluding hydrogens is 432 g/mol. The van der Waals surface area contributed by atoms with Gasteiger partial charge in [0.15, 0.2) is 6.61 Å². The van der Waals surface area contributed by atoms with Crippen molar-refractivity contribution in [1.82, 2.24) is 19.7 Å². The van der Waals surface area contributed by atoms with Crippen molar-refractivity contribution >= 4 is 17.7 Å². The van der Waals surface area contributed by atoms with E-state index in [-0.39, 0.29) is 30.2 Å². The maximum Gasteiger partial charge on any atom is 0.260 e. The van der Waals surface area contributed by atoms with E-state index < -0.39 is 0 Å². The van der Waals surface area contributed by atoms with Gasteiger partial charge in [0.05, 0.1) is 11.3 Å². The lowest BCUT2D eigenvalue weighted by Crippen LogP contribution is -2.50. The van der Waals surface area contributed by atoms with E-state index in [9.17, 15) is 14.4 Å². The van der Waals surface area contributed by atoms with Crippen LogP contribution in [-0.2, 0) is 9.59 Å². The molecule has 0 N–H and O–H groups in total. The minimum absolute atomic E-state index is 0.0212. The molecule has 180 valence electrons. The van der Waals surface area contributed by atoms with Crippen LogP contribution in [0.5, 0.6) is 5.75 Å². The van der Waals surface area contributed by atoms with E-state index in [0.717, 1.165) is 24.2 Å². The van der Waals surface area contributed by atoms with Crippen molar-refractivity contribution in [2.24, 2.45) is 0 Å². The number of nitrogens with zero attached hydrogens (tertiary/aromatic N) is 4. The van der Waals surface area contributed by atoms with Crippen LogP contribution in [0.3, 0.4) is 0 Å². The van der Waals surface area contributed by atoms with E-state index >= 15 is 0 Å². The summed E-state index contributed by atoms with van der Waals surface area (Å²) in [6.07, 6.45) is 1.51. The van der Waals surface area contributed by atoms with Crippen LogP contribution in [0.15, 0.2) is 42.5 Å². The molecule has 2 aliphatic rings. The lowest BCUT2D eigenvalue weighted by Gasteiger charge is -2.35. The van der Waals surface area contributed by atoms with Crippen molar-refractivity contribution < 1.29 is 19.1 Å². The number of amides is 3. The number of pyridine rings is 1. The van der Waals surface area contributed by atoms with Crippen molar-refractivity contribution in [2.45, 2.75) is 32.6 Å². The van der Waals surface area contributed by atoms with Crippen LogP contribution in [0.4, 0.5) is 0 Å². The molecule has 34 heavy (non-hydrogen) atoms. The molecule has 2 saturated heterocycles. The monoisotopic (exact) mass is 464 g/mol. The number of aryl methyl sites for hydroxylation is 1. The summed E-state index contributed by atoms with van der Waals surface area (Å²) in [5, 5.41) is 0. The Kier molecular flexibility index (Phi) is 7.45. The van der Waals surface area contributed by atoms with Gasteiger partial charge in [0, 0.05) is 57.8 Å². The summed E-state index contributed by atoms with van der Waals surface area (Å²) in [4.78, 5) is 47.8. The van der Waals surface area contributed by atoms with E-state index in [0.29, 0.717) is 50.6 Å². The Morgan fingerprint density at radius 3 is 2.18 bits per heavy atom. The first-order chi connectivity index (χ1) is 16.4. The highest BCUT2D eigenvalue weighted by atomic mass is 16.5. The quantitative estimate of drug-likeness (QED) is 0.679. The maximum atomic E-state index is 13.3. The molecule has 0 aliphatic carbocycles. The Bertz CT molecular complexity index is 1030. The zero-order valence-electron chi connectivity index (χ0n) is 19.9. The molecule has 8 heteroatoms. The summed E-state index contributed by atoms with van der Waals surface area (Å²) in [5.41, 5.74) is 2.34. The second-order valence-electron chi connectivity index (χ2n) is 8.94. The number of rotatable bonds is 5. The molecule has 1 aromatic carbocycles. The van der Waals surface area contributed by atoms with Gasteiger partial charge in [-0.2, -0.15) is 0 Å². The number of ether oxygens (including phenoxy) is 1. The van der Waals surface area contributed by atoms with E-state index in [4.69, 9.17) is 9.72 Å². The van der Waals surface area contributed by atoms with Gasteiger partial charge >= 0.3 is 0 Å². The Labute approximate surface area is 200 Å². The number of hydrogen-bond donors (Lipinski definition) is 0. The molecule has 0 atom stereocenters. The van der Waals surface area contributed by atoms with E-state index in [2.05, 4.69) is 0 Å². The summed E-state index contributed by atoms with van der Waals surface area (Å²) >= 11 is 0. The Balaban J connectivity index is 1.37. The topological polar surface area (TPSA) is 83.1 Å². The fourth-order valence-corrected chi connectivity index (χ4v) is 4.62. The molecule has 0 radical (unpaired) electrons. The second kappa shape index (κ2) is 10.7. The smallest absolute Gasteiger partial charge is 0.260 e. The van der Waals surface area contributed by atoms with Crippen molar-refractivity contribution in [3.05, 3.63) is 59.4 Å². The molecule has 8 nitrogen and oxygen atoms in total. The Hall–Kier alpha value is -3.42. The van der Waals surface area contributed by atoms with Crippen LogP contribution < -0.4 is 4.74 Å². The summed E-state index contributed by atoms with van der Waals surface area (Å²) in [6.45, 7) is 6.91. The van der Waals surface area contributed by atoms with Gasteiger partial charge in [0.2, 0.25) is 5.91 Å². The summed E-state index contributed by atoms with van der Waals surface area (Å²) in [5.74, 6) is 0.790. The molecule has 2 aromatic rings. The second-order valence-corrected chi connectivity index (χ2v) is 8.94. The highest BCUT2D eigenvalue weighted by Crippen LogP contribution is 2.30. The molecule has 1 aromatic heterocycles. The molecule has 2 aliphatic heterocycles. The fraction of sp³-hybridized carbons (Fsp3) is 0.462. The standard InChI is InChI=1S/C26H32N4O4/c1-19-8-9-23(26(33)30-16-14-28(15-17-30)20(2)31)25(27-19)21-10-12-29(13-11-21)24(32)18-34-22-6-4-3-5-7-22/h3-9,21H,10-18H2,1-2H3. The van der Waals surface area contributed by atoms with Crippen molar-refractivity contribution in [3.63, 3.8) is 0 Å². The van der Waals surface area contributed by atoms with E-state index in [1.54, 1.807) is 11.8 Å². The highest BCUT2D eigenvalue weighted by molar-refractivity contribution is 5.95. The molecular formula is C26H32N4O4. The zero-order chi connectivity index (χ0) is 24.1. The third kappa shape index (κ3) is 5.55. The largest absolute Gasteiger partial charge is 0.484 e. The molecule has 3 amide bonds. The number of piperazine rings is 1. The first kappa shape index (κ1) is 23.7. The van der Waals surface area contributed by atoms with E-state index in [1.807, 2.05) is 59.2 Å². The van der Waals surface area contributed by atoms with Crippen LogP contribution >= 0.6 is 0 Å². The van der Waals surface area contributed by atoms with Crippen molar-refractivity contribution in [1.29, 1.82) is 0 Å². The normalized spacial score (nSPS) is 16.9. The van der Waals surface area contributed by atoms with Crippen LogP contribution in [-0.4, -0.2) is 83.3 Å². The van der Waals surface area contributed by atoms with Crippen LogP contribution in [0.1, 0.15) is 47.4 Å². The molecule has 4 rings (SSSR count). The minimum atomic E-state index is -0.0286. The summed E-state index contributed by atoms with van der Waals surface area (Å²) in [6, 6.07) is 13.1. The van der Waals surface area contributed by atoms with Crippen LogP contribution in [0.2, 0.25) is 0 Å². The summed E-state index contributed by atoms with van der Waals surface area (Å²) in [7, 11) is 0. The molecule has 2 fully saturated rings. The zero-order valence-corrected chi connectivity index (χ0v) is 19.9. The predicted molar refractivity (Wildman–Crippen MR) is 128 cm³/mol. The number of hydrogen-bond acceptors (Lipinski definition) is 5. The van der Waals surface area contributed by atoms with Gasteiger partial charge in [0.25, 0.3) is 11.8 Å². The number of piperidine rings is 1. The lowest BCUT2D eigenvalue weighted by atomic mass is 9.89. The number of para-hydroxylation sites is 1. The molecule has 0 spiro atoms. The van der Waals surface area contributed by atoms with Gasteiger partial charge in [-0.3, -0.25) is 19.4 Å². The van der Waals surface area contributed by atoms with Crippen molar-refractivity contribution in [2.75, 3.05) is 45.9 Å². The maximum absolute atomic E-state index is 13.3. The van der Waals surface area contributed by atoms with Gasteiger partial charge in [-0.25, -0.2) is 0 Å². The lowest BCUT2D eigenvalue weighted by molar-refractivity contribution is -0.134. The van der Waals surface area contributed by atoms with Crippen LogP contribution in [0.25, 0.3) is 0 Å². The van der Waals surface area contributed by atoms with Gasteiger partial charge in [0.1, 0.15) is 5.75 Å². The first-order valence-electron chi connectivity index (χ1n) is 11.9. The minimum Gasteiger partial charge on any atom is -0.484 e. The van der Waals surface area contributed by atoms with Gasteiger partial charge < -0.3 is 19.4 Å². The number of aromatic nitrogens is 1. The van der Waals surface area contributed by atoms with Gasteiger partial charge in [-0.05, 0) is 44.0 Å². The van der Waals surface area contributed by atoms with Crippen molar-refractivity contribution in [3.8, 4) is 5.75 Å². The Morgan fingerprint density at radius 1 is 0.882 bits per heavy atom. The Morgan fingerprint density at radius 2 is 1.53 bits per heavy atom. The van der Waals surface area contributed by atoms with E-state index in [1.165, 1.54) is 0 Å². The summed E-state index contributed by atoms with van der Waals surface area (Å²) < 4.78 is 5.61. The van der Waals surface area contributed by atoms with Gasteiger partial charge in [-0.1, -0.05) is 18.2 Å². The number of likely N-dealkylation sites (tertiary alicyclic amines) is 1. The molecule has 0 unspecified atom stereocenters. The molecule has 0 bridgehead atoms. The van der Waals surface area contributed by atoms with Gasteiger partial charge in [-0.15, -0.1) is 0 Å². The third-order valence-corrected chi connectivity index (χ3v) is 6.65. The molecule has 0 saturated carbocycles. The number of carbonyl (C=O) groups excluding carboxylic acids is 3.